The van der Waals surface area contributed by atoms with Crippen molar-refractivity contribution in [1.29, 1.82) is 0 Å². The predicted octanol–water partition coefficient (Wildman–Crippen LogP) is 2.95. The highest BCUT2D eigenvalue weighted by molar-refractivity contribution is 5.88. The van der Waals surface area contributed by atoms with Crippen molar-refractivity contribution >= 4 is 29.3 Å². The van der Waals surface area contributed by atoms with E-state index in [4.69, 9.17) is 4.42 Å². The molecule has 0 radical (unpaired) electrons. The average molecular weight is 349 g/mol. The second-order valence-electron chi connectivity index (χ2n) is 6.96. The molecule has 5 heteroatoms. The number of amides is 1. The summed E-state index contributed by atoms with van der Waals surface area (Å²) in [5.74, 6) is 0.820. The van der Waals surface area contributed by atoms with E-state index < -0.39 is 0 Å². The molecule has 1 aliphatic carbocycles. The fraction of sp³-hybridized carbons (Fsp3) is 0.526. The number of carbonyl (C=O) groups is 1. The first kappa shape index (κ1) is 17.3. The number of carbonyl (C=O) groups excluding carboxylic acids is 1. The van der Waals surface area contributed by atoms with E-state index >= 15 is 0 Å². The Morgan fingerprint density at radius 2 is 2.12 bits per heavy atom. The van der Waals surface area contributed by atoms with Gasteiger partial charge >= 0.3 is 0 Å². The third kappa shape index (κ3) is 3.17. The van der Waals surface area contributed by atoms with Crippen LogP contribution in [0.3, 0.4) is 0 Å². The molecule has 1 saturated heterocycles. The average Bonchev–Trinajstić information content (AvgIpc) is 3.25. The Balaban J connectivity index is 0.00000169. The summed E-state index contributed by atoms with van der Waals surface area (Å²) in [6.45, 7) is 2.76. The van der Waals surface area contributed by atoms with Crippen LogP contribution in [0, 0.1) is 5.92 Å². The summed E-state index contributed by atoms with van der Waals surface area (Å²) >= 11 is 0. The number of fused-ring (bicyclic) bond motifs is 2. The Labute approximate surface area is 149 Å². The lowest BCUT2D eigenvalue weighted by atomic mass is 10.0. The van der Waals surface area contributed by atoms with Crippen LogP contribution in [0.25, 0.3) is 11.0 Å². The lowest BCUT2D eigenvalue weighted by molar-refractivity contribution is -0.129. The minimum Gasteiger partial charge on any atom is -0.464 e. The first-order valence-electron chi connectivity index (χ1n) is 8.69. The summed E-state index contributed by atoms with van der Waals surface area (Å²) in [5, 5.41) is 4.34. The van der Waals surface area contributed by atoms with Gasteiger partial charge in [-0.15, -0.1) is 12.4 Å². The molecule has 2 heterocycles. The molecule has 0 saturated carbocycles. The highest BCUT2D eigenvalue weighted by Crippen LogP contribution is 2.31. The van der Waals surface area contributed by atoms with Crippen molar-refractivity contribution in [2.75, 3.05) is 26.7 Å². The number of nitrogens with zero attached hydrogens (tertiary/aromatic N) is 1. The van der Waals surface area contributed by atoms with E-state index in [2.05, 4.69) is 17.4 Å². The number of likely N-dealkylation sites (tertiary alicyclic amines) is 1. The van der Waals surface area contributed by atoms with Gasteiger partial charge in [0.05, 0.1) is 12.7 Å². The first-order chi connectivity index (χ1) is 11.2. The Hall–Kier alpha value is -1.52. The van der Waals surface area contributed by atoms with Gasteiger partial charge < -0.3 is 14.6 Å². The molecule has 1 fully saturated rings. The maximum absolute atomic E-state index is 12.6. The van der Waals surface area contributed by atoms with Crippen molar-refractivity contribution in [3.05, 3.63) is 35.1 Å². The van der Waals surface area contributed by atoms with Crippen molar-refractivity contribution in [1.82, 2.24) is 10.2 Å². The number of rotatable bonds is 4. The number of nitrogens with one attached hydrogen (secondary N) is 1. The highest BCUT2D eigenvalue weighted by atomic mass is 35.5. The molecular formula is C19H25ClN2O2. The molecule has 1 amide bonds. The standard InChI is InChI=1S/C19H24N2O2.ClH/c1-20-10-13-5-6-21(11-13)19(22)9-16-12-23-18-8-15-4-2-3-14(15)7-17(16)18;/h7-8,12-13,20H,2-6,9-11H2,1H3;1H. The van der Waals surface area contributed by atoms with E-state index in [-0.39, 0.29) is 18.3 Å². The zero-order chi connectivity index (χ0) is 15.8. The lowest BCUT2D eigenvalue weighted by Crippen LogP contribution is -2.31. The van der Waals surface area contributed by atoms with Crippen LogP contribution < -0.4 is 5.32 Å². The third-order valence-electron chi connectivity index (χ3n) is 5.34. The second kappa shape index (κ2) is 7.16. The smallest absolute Gasteiger partial charge is 0.227 e. The zero-order valence-corrected chi connectivity index (χ0v) is 15.0. The van der Waals surface area contributed by atoms with Crippen molar-refractivity contribution in [3.8, 4) is 0 Å². The van der Waals surface area contributed by atoms with E-state index in [1.807, 2.05) is 11.9 Å². The van der Waals surface area contributed by atoms with Crippen LogP contribution in [0.1, 0.15) is 29.5 Å². The number of benzene rings is 1. The van der Waals surface area contributed by atoms with E-state index in [9.17, 15) is 4.79 Å². The molecule has 1 aliphatic heterocycles. The summed E-state index contributed by atoms with van der Waals surface area (Å²) < 4.78 is 5.72. The number of hydrogen-bond acceptors (Lipinski definition) is 3. The minimum absolute atomic E-state index is 0. The molecule has 1 unspecified atom stereocenters. The molecule has 0 spiro atoms. The quantitative estimate of drug-likeness (QED) is 0.924. The van der Waals surface area contributed by atoms with Crippen molar-refractivity contribution in [2.45, 2.75) is 32.1 Å². The molecule has 130 valence electrons. The monoisotopic (exact) mass is 348 g/mol. The highest BCUT2D eigenvalue weighted by Gasteiger charge is 2.26. The maximum atomic E-state index is 12.6. The SMILES string of the molecule is CNCC1CCN(C(=O)Cc2coc3cc4c(cc23)CCC4)C1.Cl. The van der Waals surface area contributed by atoms with Gasteiger partial charge in [-0.3, -0.25) is 4.79 Å². The van der Waals surface area contributed by atoms with E-state index in [0.717, 1.165) is 55.4 Å². The maximum Gasteiger partial charge on any atom is 0.227 e. The van der Waals surface area contributed by atoms with Gasteiger partial charge in [0.25, 0.3) is 0 Å². The van der Waals surface area contributed by atoms with Gasteiger partial charge in [0, 0.05) is 24.0 Å². The Morgan fingerprint density at radius 3 is 2.92 bits per heavy atom. The summed E-state index contributed by atoms with van der Waals surface area (Å²) in [6.07, 6.45) is 6.88. The topological polar surface area (TPSA) is 45.5 Å². The van der Waals surface area contributed by atoms with Gasteiger partial charge in [0.1, 0.15) is 5.58 Å². The molecule has 0 bridgehead atoms. The van der Waals surface area contributed by atoms with Crippen LogP contribution >= 0.6 is 12.4 Å². The molecule has 2 aliphatic rings. The molecule has 24 heavy (non-hydrogen) atoms. The second-order valence-corrected chi connectivity index (χ2v) is 6.96. The Morgan fingerprint density at radius 1 is 1.33 bits per heavy atom. The van der Waals surface area contributed by atoms with Crippen LogP contribution in [0.15, 0.2) is 22.8 Å². The third-order valence-corrected chi connectivity index (χ3v) is 5.34. The van der Waals surface area contributed by atoms with Gasteiger partial charge in [-0.2, -0.15) is 0 Å². The van der Waals surface area contributed by atoms with Crippen LogP contribution in [0.4, 0.5) is 0 Å². The predicted molar refractivity (Wildman–Crippen MR) is 97.8 cm³/mol. The molecule has 4 rings (SSSR count). The fourth-order valence-corrected chi connectivity index (χ4v) is 4.07. The van der Waals surface area contributed by atoms with Crippen molar-refractivity contribution < 1.29 is 9.21 Å². The van der Waals surface area contributed by atoms with E-state index in [0.29, 0.717) is 12.3 Å². The van der Waals surface area contributed by atoms with Gasteiger partial charge in [0.2, 0.25) is 5.91 Å². The summed E-state index contributed by atoms with van der Waals surface area (Å²) in [4.78, 5) is 14.6. The Kier molecular flexibility index (Phi) is 5.16. The van der Waals surface area contributed by atoms with Crippen LogP contribution in [-0.2, 0) is 24.1 Å². The van der Waals surface area contributed by atoms with Crippen LogP contribution in [-0.4, -0.2) is 37.5 Å². The number of furan rings is 1. The minimum atomic E-state index is 0. The van der Waals surface area contributed by atoms with Gasteiger partial charge in [-0.05, 0) is 68.5 Å². The van der Waals surface area contributed by atoms with Crippen molar-refractivity contribution in [2.24, 2.45) is 5.92 Å². The molecule has 1 aromatic carbocycles. The molecule has 1 N–H and O–H groups in total. The molecule has 1 atom stereocenters. The summed E-state index contributed by atoms with van der Waals surface area (Å²) in [6, 6.07) is 4.42. The molecule has 2 aromatic rings. The zero-order valence-electron chi connectivity index (χ0n) is 14.1. The molecule has 1 aromatic heterocycles. The van der Waals surface area contributed by atoms with Crippen molar-refractivity contribution in [3.63, 3.8) is 0 Å². The van der Waals surface area contributed by atoms with E-state index in [1.165, 1.54) is 17.5 Å². The lowest BCUT2D eigenvalue weighted by Gasteiger charge is -2.16. The Bertz CT molecular complexity index is 740. The van der Waals surface area contributed by atoms with Gasteiger partial charge in [-0.25, -0.2) is 0 Å². The number of halogens is 1. The largest absolute Gasteiger partial charge is 0.464 e. The van der Waals surface area contributed by atoms with Gasteiger partial charge in [-0.1, -0.05) is 0 Å². The first-order valence-corrected chi connectivity index (χ1v) is 8.69. The molecule has 4 nitrogen and oxygen atoms in total. The molecular weight excluding hydrogens is 324 g/mol. The summed E-state index contributed by atoms with van der Waals surface area (Å²) in [7, 11) is 1.97. The van der Waals surface area contributed by atoms with E-state index in [1.54, 1.807) is 6.26 Å². The van der Waals surface area contributed by atoms with Crippen LogP contribution in [0.5, 0.6) is 0 Å². The normalized spacial score (nSPS) is 19.5. The van der Waals surface area contributed by atoms with Gasteiger partial charge in [0.15, 0.2) is 0 Å². The number of aryl methyl sites for hydroxylation is 2. The summed E-state index contributed by atoms with van der Waals surface area (Å²) in [5.41, 5.74) is 4.82. The van der Waals surface area contributed by atoms with Crippen LogP contribution in [0.2, 0.25) is 0 Å². The fourth-order valence-electron chi connectivity index (χ4n) is 4.07. The number of hydrogen-bond donors (Lipinski definition) is 1.